The van der Waals surface area contributed by atoms with Crippen LogP contribution in [0.1, 0.15) is 30.6 Å². The summed E-state index contributed by atoms with van der Waals surface area (Å²) in [6.07, 6.45) is 1.73. The lowest BCUT2D eigenvalue weighted by Crippen LogP contribution is -2.40. The van der Waals surface area contributed by atoms with Crippen LogP contribution in [-0.2, 0) is 4.74 Å². The van der Waals surface area contributed by atoms with E-state index in [9.17, 15) is 14.9 Å². The molecular weight excluding hydrogens is 276 g/mol. The fourth-order valence-corrected chi connectivity index (χ4v) is 1.87. The van der Waals surface area contributed by atoms with E-state index < -0.39 is 10.8 Å². The van der Waals surface area contributed by atoms with Crippen LogP contribution in [-0.4, -0.2) is 47.0 Å². The molecule has 8 nitrogen and oxygen atoms in total. The van der Waals surface area contributed by atoms with E-state index in [2.05, 4.69) is 4.98 Å². The van der Waals surface area contributed by atoms with Crippen molar-refractivity contribution >= 4 is 17.4 Å². The summed E-state index contributed by atoms with van der Waals surface area (Å²) in [5, 5.41) is 11.0. The van der Waals surface area contributed by atoms with Crippen molar-refractivity contribution in [3.63, 3.8) is 0 Å². The van der Waals surface area contributed by atoms with E-state index in [0.717, 1.165) is 12.6 Å². The highest BCUT2D eigenvalue weighted by atomic mass is 16.6. The molecule has 0 saturated carbocycles. The minimum Gasteiger partial charge on any atom is -0.384 e. The van der Waals surface area contributed by atoms with Gasteiger partial charge in [0.1, 0.15) is 17.6 Å². The minimum absolute atomic E-state index is 0.0519. The predicted molar refractivity (Wildman–Crippen MR) is 78.0 cm³/mol. The molecule has 1 rings (SSSR count). The van der Waals surface area contributed by atoms with Gasteiger partial charge in [0.25, 0.3) is 11.6 Å². The van der Waals surface area contributed by atoms with Crippen LogP contribution in [0.25, 0.3) is 0 Å². The molecule has 1 amide bonds. The third kappa shape index (κ3) is 4.12. The summed E-state index contributed by atoms with van der Waals surface area (Å²) in [6, 6.07) is 1.17. The molecule has 1 unspecified atom stereocenters. The Bertz CT molecular complexity index is 521. The molecule has 1 aromatic rings. The number of methoxy groups -OCH3 is 1. The van der Waals surface area contributed by atoms with Crippen LogP contribution in [0.5, 0.6) is 0 Å². The molecular formula is C13H20N4O4. The van der Waals surface area contributed by atoms with Gasteiger partial charge in [-0.1, -0.05) is 6.92 Å². The highest BCUT2D eigenvalue weighted by Crippen LogP contribution is 2.22. The van der Waals surface area contributed by atoms with Gasteiger partial charge in [0.15, 0.2) is 0 Å². The number of hydrogen-bond donors (Lipinski definition) is 1. The molecule has 0 aliphatic rings. The molecule has 0 saturated heterocycles. The van der Waals surface area contributed by atoms with Crippen LogP contribution < -0.4 is 5.73 Å². The molecule has 0 spiro atoms. The van der Waals surface area contributed by atoms with Gasteiger partial charge < -0.3 is 15.4 Å². The van der Waals surface area contributed by atoms with Crippen molar-refractivity contribution in [1.82, 2.24) is 9.88 Å². The summed E-state index contributed by atoms with van der Waals surface area (Å²) in [6.45, 7) is 4.52. The van der Waals surface area contributed by atoms with Gasteiger partial charge in [-0.25, -0.2) is 4.98 Å². The average Bonchev–Trinajstić information content (AvgIpc) is 2.46. The molecule has 2 N–H and O–H groups in total. The van der Waals surface area contributed by atoms with Gasteiger partial charge in [-0.15, -0.1) is 0 Å². The van der Waals surface area contributed by atoms with Crippen LogP contribution in [0.3, 0.4) is 0 Å². The molecule has 0 aromatic carbocycles. The first kappa shape index (κ1) is 16.8. The zero-order chi connectivity index (χ0) is 16.0. The van der Waals surface area contributed by atoms with E-state index in [0.29, 0.717) is 13.2 Å². The van der Waals surface area contributed by atoms with Crippen molar-refractivity contribution in [2.45, 2.75) is 26.3 Å². The van der Waals surface area contributed by atoms with Crippen molar-refractivity contribution in [2.75, 3.05) is 26.0 Å². The van der Waals surface area contributed by atoms with Crippen LogP contribution in [0.4, 0.5) is 11.5 Å². The standard InChI is InChI=1S/C13H20N4O4/c1-4-9(2)16(5-6-21-3)13(18)10-7-12(14)15-8-11(10)17(19)20/h7-9H,4-6H2,1-3H3,(H2,14,15). The van der Waals surface area contributed by atoms with Gasteiger partial charge >= 0.3 is 0 Å². The van der Waals surface area contributed by atoms with E-state index in [-0.39, 0.29) is 23.1 Å². The number of carbonyl (C=O) groups excluding carboxylic acids is 1. The number of hydrogen-bond acceptors (Lipinski definition) is 6. The number of nitrogens with zero attached hydrogens (tertiary/aromatic N) is 3. The third-order valence-corrected chi connectivity index (χ3v) is 3.25. The number of rotatable bonds is 7. The Balaban J connectivity index is 3.18. The number of nitro groups is 1. The predicted octanol–water partition coefficient (Wildman–Crippen LogP) is 1.46. The molecule has 0 fully saturated rings. The number of aromatic nitrogens is 1. The number of nitrogen functional groups attached to an aromatic ring is 1. The van der Waals surface area contributed by atoms with Crippen molar-refractivity contribution in [3.05, 3.63) is 27.9 Å². The normalized spacial score (nSPS) is 12.0. The summed E-state index contributed by atoms with van der Waals surface area (Å²) >= 11 is 0. The third-order valence-electron chi connectivity index (χ3n) is 3.25. The molecule has 1 atom stereocenters. The van der Waals surface area contributed by atoms with E-state index in [1.807, 2.05) is 13.8 Å². The number of ether oxygens (including phenoxy) is 1. The molecule has 116 valence electrons. The number of anilines is 1. The maximum Gasteiger partial charge on any atom is 0.300 e. The second-order valence-corrected chi connectivity index (χ2v) is 4.63. The van der Waals surface area contributed by atoms with E-state index in [1.54, 1.807) is 4.90 Å². The zero-order valence-electron chi connectivity index (χ0n) is 12.4. The Morgan fingerprint density at radius 2 is 2.29 bits per heavy atom. The van der Waals surface area contributed by atoms with Gasteiger partial charge in [0.2, 0.25) is 0 Å². The zero-order valence-corrected chi connectivity index (χ0v) is 12.4. The fourth-order valence-electron chi connectivity index (χ4n) is 1.87. The van der Waals surface area contributed by atoms with Gasteiger partial charge in [-0.2, -0.15) is 0 Å². The minimum atomic E-state index is -0.634. The Hall–Kier alpha value is -2.22. The topological polar surface area (TPSA) is 112 Å². The van der Waals surface area contributed by atoms with Gasteiger partial charge in [-0.3, -0.25) is 14.9 Å². The molecule has 0 aliphatic heterocycles. The second-order valence-electron chi connectivity index (χ2n) is 4.63. The lowest BCUT2D eigenvalue weighted by Gasteiger charge is -2.28. The summed E-state index contributed by atoms with van der Waals surface area (Å²) in [5.74, 6) is -0.373. The highest BCUT2D eigenvalue weighted by molar-refractivity contribution is 5.98. The molecule has 0 aliphatic carbocycles. The van der Waals surface area contributed by atoms with Crippen molar-refractivity contribution in [2.24, 2.45) is 0 Å². The summed E-state index contributed by atoms with van der Waals surface area (Å²) in [4.78, 5) is 28.2. The Morgan fingerprint density at radius 3 is 2.81 bits per heavy atom. The van der Waals surface area contributed by atoms with E-state index in [1.165, 1.54) is 13.2 Å². The number of amides is 1. The van der Waals surface area contributed by atoms with Gasteiger partial charge in [-0.05, 0) is 19.4 Å². The molecule has 8 heteroatoms. The van der Waals surface area contributed by atoms with Crippen LogP contribution >= 0.6 is 0 Å². The Kier molecular flexibility index (Phi) is 6.04. The van der Waals surface area contributed by atoms with Crippen LogP contribution in [0.15, 0.2) is 12.3 Å². The maximum atomic E-state index is 12.6. The smallest absolute Gasteiger partial charge is 0.300 e. The summed E-state index contributed by atoms with van der Waals surface area (Å²) in [5.41, 5.74) is 5.15. The molecule has 21 heavy (non-hydrogen) atoms. The number of pyridine rings is 1. The second kappa shape index (κ2) is 7.53. The van der Waals surface area contributed by atoms with Gasteiger partial charge in [0.05, 0.1) is 11.5 Å². The van der Waals surface area contributed by atoms with E-state index >= 15 is 0 Å². The monoisotopic (exact) mass is 296 g/mol. The Labute approximate surface area is 123 Å². The summed E-state index contributed by atoms with van der Waals surface area (Å²) < 4.78 is 4.99. The van der Waals surface area contributed by atoms with Crippen molar-refractivity contribution < 1.29 is 14.5 Å². The largest absolute Gasteiger partial charge is 0.384 e. The summed E-state index contributed by atoms with van der Waals surface area (Å²) in [7, 11) is 1.53. The van der Waals surface area contributed by atoms with Crippen LogP contribution in [0.2, 0.25) is 0 Å². The van der Waals surface area contributed by atoms with Crippen molar-refractivity contribution in [1.29, 1.82) is 0 Å². The molecule has 1 aromatic heterocycles. The number of carbonyl (C=O) groups is 1. The van der Waals surface area contributed by atoms with Gasteiger partial charge in [0, 0.05) is 19.7 Å². The van der Waals surface area contributed by atoms with Crippen molar-refractivity contribution in [3.8, 4) is 0 Å². The maximum absolute atomic E-state index is 12.6. The van der Waals surface area contributed by atoms with Crippen LogP contribution in [0, 0.1) is 10.1 Å². The first-order valence-corrected chi connectivity index (χ1v) is 6.62. The average molecular weight is 296 g/mol. The highest BCUT2D eigenvalue weighted by Gasteiger charge is 2.27. The quantitative estimate of drug-likeness (QED) is 0.602. The molecule has 0 bridgehead atoms. The first-order chi connectivity index (χ1) is 9.92. The lowest BCUT2D eigenvalue weighted by molar-refractivity contribution is -0.385. The first-order valence-electron chi connectivity index (χ1n) is 6.62. The molecule has 0 radical (unpaired) electrons. The fraction of sp³-hybridized carbons (Fsp3) is 0.538. The van der Waals surface area contributed by atoms with E-state index in [4.69, 9.17) is 10.5 Å². The Morgan fingerprint density at radius 1 is 1.62 bits per heavy atom. The lowest BCUT2D eigenvalue weighted by atomic mass is 10.1. The SMILES string of the molecule is CCC(C)N(CCOC)C(=O)c1cc(N)ncc1[N+](=O)[O-]. The number of nitrogens with two attached hydrogens (primary N) is 1. The molecule has 1 heterocycles.